The zero-order valence-electron chi connectivity index (χ0n) is 29.4. The molecule has 0 saturated heterocycles. The van der Waals surface area contributed by atoms with Crippen LogP contribution in [0.15, 0.2) is 54.6 Å². The Hall–Kier alpha value is -4.66. The molecule has 14 heteroatoms. The molecule has 0 saturated carbocycles. The fraction of sp³-hybridized carbons (Fsp3) is 0.500. The van der Waals surface area contributed by atoms with E-state index in [0.717, 1.165) is 17.5 Å². The average molecular weight is 698 g/mol. The standard InChI is InChI=1S/C36H51N5O9/c1-6-7-9-18-29(43)41(31(22(2)3)35(47)48)34(46)30(38)27(20-42)19-39-32(44)24(5)40(33(45)23(4)37)36(49)50-21-26-16-12-13-17-28(26)25-14-10-8-11-15-25/h8,10-17,22-24,27,30-31,42H,6-7,9,18-21,37-38H2,1-5H3,(H,39,44)(H,47,48)/t23-,24-,27?,30?,31?/m0/s1. The highest BCUT2D eigenvalue weighted by molar-refractivity contribution is 6.02. The van der Waals surface area contributed by atoms with Crippen molar-refractivity contribution in [1.29, 1.82) is 0 Å². The van der Waals surface area contributed by atoms with Gasteiger partial charge in [0.15, 0.2) is 0 Å². The molecule has 5 amide bonds. The normalized spacial score (nSPS) is 14.1. The Balaban J connectivity index is 2.22. The topological polar surface area (TPSA) is 223 Å². The molecule has 0 fully saturated rings. The highest BCUT2D eigenvalue weighted by Crippen LogP contribution is 2.24. The van der Waals surface area contributed by atoms with Crippen LogP contribution in [0, 0.1) is 11.8 Å². The minimum Gasteiger partial charge on any atom is -0.480 e. The lowest BCUT2D eigenvalue weighted by atomic mass is 9.96. The van der Waals surface area contributed by atoms with Gasteiger partial charge in [-0.25, -0.2) is 14.5 Å². The molecule has 2 aromatic rings. The maximum Gasteiger partial charge on any atom is 0.417 e. The van der Waals surface area contributed by atoms with Gasteiger partial charge in [0.25, 0.3) is 0 Å². The Morgan fingerprint density at radius 1 is 0.860 bits per heavy atom. The van der Waals surface area contributed by atoms with E-state index < -0.39 is 84.8 Å². The summed E-state index contributed by atoms with van der Waals surface area (Å²) in [4.78, 5) is 79.8. The monoisotopic (exact) mass is 697 g/mol. The van der Waals surface area contributed by atoms with Crippen molar-refractivity contribution in [2.24, 2.45) is 23.3 Å². The number of aliphatic hydroxyl groups excluding tert-OH is 1. The number of benzene rings is 2. The lowest BCUT2D eigenvalue weighted by Crippen LogP contribution is -2.59. The number of carboxylic acid groups (broad SMARTS) is 1. The number of ether oxygens (including phenoxy) is 1. The van der Waals surface area contributed by atoms with E-state index in [4.69, 9.17) is 16.2 Å². The van der Waals surface area contributed by atoms with Gasteiger partial charge in [0.2, 0.25) is 23.6 Å². The van der Waals surface area contributed by atoms with Gasteiger partial charge in [0.05, 0.1) is 12.1 Å². The van der Waals surface area contributed by atoms with Gasteiger partial charge in [-0.1, -0.05) is 88.2 Å². The zero-order valence-corrected chi connectivity index (χ0v) is 29.4. The number of hydrogen-bond acceptors (Lipinski definition) is 10. The molecule has 14 nitrogen and oxygen atoms in total. The number of nitrogens with two attached hydrogens (primary N) is 2. The molecule has 0 aromatic heterocycles. The van der Waals surface area contributed by atoms with Gasteiger partial charge < -0.3 is 31.7 Å². The summed E-state index contributed by atoms with van der Waals surface area (Å²) in [6.45, 7) is 6.32. The number of rotatable bonds is 18. The third-order valence-electron chi connectivity index (χ3n) is 8.27. The fourth-order valence-corrected chi connectivity index (χ4v) is 5.33. The minimum atomic E-state index is -1.58. The molecule has 0 aliphatic carbocycles. The number of carbonyl (C=O) groups excluding carboxylic acids is 5. The van der Waals surface area contributed by atoms with Crippen molar-refractivity contribution in [3.8, 4) is 11.1 Å². The Morgan fingerprint density at radius 2 is 1.48 bits per heavy atom. The molecule has 5 atom stereocenters. The van der Waals surface area contributed by atoms with E-state index in [-0.39, 0.29) is 13.0 Å². The number of carboxylic acids is 1. The summed E-state index contributed by atoms with van der Waals surface area (Å²) in [5, 5.41) is 22.5. The summed E-state index contributed by atoms with van der Waals surface area (Å²) >= 11 is 0. The summed E-state index contributed by atoms with van der Waals surface area (Å²) in [7, 11) is 0. The quantitative estimate of drug-likeness (QED) is 0.142. The van der Waals surface area contributed by atoms with Crippen molar-refractivity contribution in [2.45, 2.75) is 91.1 Å². The first-order valence-corrected chi connectivity index (χ1v) is 16.8. The number of hydrogen-bond donors (Lipinski definition) is 5. The van der Waals surface area contributed by atoms with Crippen LogP contribution in [0.1, 0.15) is 65.9 Å². The van der Waals surface area contributed by atoms with Crippen LogP contribution < -0.4 is 16.8 Å². The largest absolute Gasteiger partial charge is 0.480 e. The van der Waals surface area contributed by atoms with Gasteiger partial charge in [-0.05, 0) is 42.9 Å². The second kappa shape index (κ2) is 20.1. The van der Waals surface area contributed by atoms with E-state index in [1.165, 1.54) is 13.8 Å². The summed E-state index contributed by atoms with van der Waals surface area (Å²) in [6, 6.07) is 11.0. The second-order valence-corrected chi connectivity index (χ2v) is 12.6. The number of nitrogens with zero attached hydrogens (tertiary/aromatic N) is 2. The first-order valence-electron chi connectivity index (χ1n) is 16.8. The predicted octanol–water partition coefficient (Wildman–Crippen LogP) is 2.65. The Bertz CT molecular complexity index is 1470. The molecule has 2 rings (SSSR count). The van der Waals surface area contributed by atoms with E-state index in [1.54, 1.807) is 26.0 Å². The van der Waals surface area contributed by atoms with Crippen molar-refractivity contribution < 1.29 is 43.7 Å². The summed E-state index contributed by atoms with van der Waals surface area (Å²) in [5.41, 5.74) is 14.4. The highest BCUT2D eigenvalue weighted by Gasteiger charge is 2.41. The fourth-order valence-electron chi connectivity index (χ4n) is 5.33. The number of aliphatic carboxylic acids is 1. The van der Waals surface area contributed by atoms with Crippen LogP contribution in [0.2, 0.25) is 0 Å². The third kappa shape index (κ3) is 11.2. The number of aliphatic hydroxyl groups is 1. The van der Waals surface area contributed by atoms with Crippen molar-refractivity contribution in [1.82, 2.24) is 15.1 Å². The van der Waals surface area contributed by atoms with Crippen molar-refractivity contribution in [3.05, 3.63) is 60.2 Å². The van der Waals surface area contributed by atoms with Crippen LogP contribution in [0.4, 0.5) is 4.79 Å². The molecule has 0 spiro atoms. The van der Waals surface area contributed by atoms with Crippen LogP contribution >= 0.6 is 0 Å². The van der Waals surface area contributed by atoms with Crippen LogP contribution in [0.3, 0.4) is 0 Å². The Labute approximate surface area is 293 Å². The van der Waals surface area contributed by atoms with Gasteiger partial charge in [0, 0.05) is 25.5 Å². The number of unbranched alkanes of at least 4 members (excludes halogenated alkanes) is 2. The van der Waals surface area contributed by atoms with Crippen molar-refractivity contribution in [3.63, 3.8) is 0 Å². The maximum absolute atomic E-state index is 13.6. The van der Waals surface area contributed by atoms with E-state index >= 15 is 0 Å². The van der Waals surface area contributed by atoms with Gasteiger partial charge in [-0.2, -0.15) is 0 Å². The number of imide groups is 2. The van der Waals surface area contributed by atoms with Crippen LogP contribution in [-0.2, 0) is 35.3 Å². The number of amides is 5. The maximum atomic E-state index is 13.6. The van der Waals surface area contributed by atoms with Crippen LogP contribution in [-0.4, -0.2) is 93.0 Å². The first-order chi connectivity index (χ1) is 23.7. The van der Waals surface area contributed by atoms with Gasteiger partial charge >= 0.3 is 12.1 Å². The number of carbonyl (C=O) groups is 6. The molecule has 7 N–H and O–H groups in total. The van der Waals surface area contributed by atoms with E-state index in [1.807, 2.05) is 49.4 Å². The molecule has 2 aromatic carbocycles. The molecule has 274 valence electrons. The smallest absolute Gasteiger partial charge is 0.417 e. The average Bonchev–Trinajstić information content (AvgIpc) is 3.09. The van der Waals surface area contributed by atoms with Crippen molar-refractivity contribution >= 4 is 35.7 Å². The van der Waals surface area contributed by atoms with Crippen LogP contribution in [0.5, 0.6) is 0 Å². The summed E-state index contributed by atoms with van der Waals surface area (Å²) < 4.78 is 5.50. The molecule has 0 aliphatic heterocycles. The molecule has 0 bridgehead atoms. The Kier molecular flexibility index (Phi) is 16.7. The molecule has 3 unspecified atom stereocenters. The van der Waals surface area contributed by atoms with E-state index in [9.17, 15) is 39.0 Å². The molecular weight excluding hydrogens is 646 g/mol. The van der Waals surface area contributed by atoms with E-state index in [2.05, 4.69) is 5.32 Å². The van der Waals surface area contributed by atoms with Gasteiger partial charge in [0.1, 0.15) is 18.7 Å². The van der Waals surface area contributed by atoms with Crippen molar-refractivity contribution in [2.75, 3.05) is 13.2 Å². The number of nitrogens with one attached hydrogen (secondary N) is 1. The minimum absolute atomic E-state index is 0.0712. The molecule has 0 heterocycles. The van der Waals surface area contributed by atoms with Gasteiger partial charge in [-0.3, -0.25) is 24.1 Å². The molecule has 50 heavy (non-hydrogen) atoms. The molecule has 0 aliphatic rings. The summed E-state index contributed by atoms with van der Waals surface area (Å²) in [5.74, 6) is -6.65. The predicted molar refractivity (Wildman–Crippen MR) is 186 cm³/mol. The lowest BCUT2D eigenvalue weighted by Gasteiger charge is -2.34. The second-order valence-electron chi connectivity index (χ2n) is 12.6. The van der Waals surface area contributed by atoms with Gasteiger partial charge in [-0.15, -0.1) is 0 Å². The van der Waals surface area contributed by atoms with Crippen LogP contribution in [0.25, 0.3) is 11.1 Å². The highest BCUT2D eigenvalue weighted by atomic mass is 16.6. The lowest BCUT2D eigenvalue weighted by molar-refractivity contribution is -0.161. The molecule has 0 radical (unpaired) electrons. The SMILES string of the molecule is CCCCCC(=O)N(C(=O)C(N)C(CO)CNC(=O)[C@H](C)N(C(=O)OCc1ccccc1-c1ccccc1)C(=O)[C@H](C)N)C(C(=O)O)C(C)C. The third-order valence-corrected chi connectivity index (χ3v) is 8.27. The van der Waals surface area contributed by atoms with E-state index in [0.29, 0.717) is 28.2 Å². The zero-order chi connectivity index (χ0) is 37.5. The first kappa shape index (κ1) is 41.5. The summed E-state index contributed by atoms with van der Waals surface area (Å²) in [6.07, 6.45) is 0.742. The Morgan fingerprint density at radius 3 is 2.04 bits per heavy atom. The molecular formula is C36H51N5O9.